The van der Waals surface area contributed by atoms with Crippen LogP contribution in [0.5, 0.6) is 6.01 Å². The molecule has 130 valence electrons. The lowest BCUT2D eigenvalue weighted by atomic mass is 10.2. The summed E-state index contributed by atoms with van der Waals surface area (Å²) in [6.07, 6.45) is 0.220. The van der Waals surface area contributed by atoms with Gasteiger partial charge in [0.1, 0.15) is 6.33 Å². The van der Waals surface area contributed by atoms with Crippen LogP contribution in [0, 0.1) is 0 Å². The molecule has 0 aliphatic heterocycles. The number of hydrogen-bond donors (Lipinski definition) is 1. The average molecular weight is 350 g/mol. The van der Waals surface area contributed by atoms with Crippen LogP contribution in [0.1, 0.15) is 12.5 Å². The minimum absolute atomic E-state index is 0.0516. The van der Waals surface area contributed by atoms with Crippen molar-refractivity contribution in [3.8, 4) is 12.0 Å². The molecule has 1 N–H and O–H groups in total. The van der Waals surface area contributed by atoms with E-state index in [-0.39, 0.29) is 23.6 Å². The maximum Gasteiger partial charge on any atom is 0.416 e. The zero-order chi connectivity index (χ0) is 17.9. The highest BCUT2D eigenvalue weighted by Crippen LogP contribution is 2.31. The van der Waals surface area contributed by atoms with Crippen LogP contribution in [-0.2, 0) is 6.18 Å². The number of aromatic nitrogens is 5. The molecule has 3 aromatic rings. The van der Waals surface area contributed by atoms with Gasteiger partial charge in [-0.3, -0.25) is 4.57 Å². The molecule has 0 amide bonds. The van der Waals surface area contributed by atoms with Crippen LogP contribution in [0.2, 0.25) is 0 Å². The lowest BCUT2D eigenvalue weighted by Crippen LogP contribution is -2.09. The molecule has 0 bridgehead atoms. The zero-order valence-corrected chi connectivity index (χ0v) is 13.0. The molecule has 0 unspecified atom stereocenters. The number of hydrogen-bond acceptors (Lipinski definition) is 6. The molecule has 0 radical (unpaired) electrons. The Labute approximate surface area is 140 Å². The van der Waals surface area contributed by atoms with E-state index >= 15 is 0 Å². The van der Waals surface area contributed by atoms with E-state index in [4.69, 9.17) is 4.74 Å². The number of rotatable bonds is 5. The molecule has 2 aromatic heterocycles. The second-order valence-electron chi connectivity index (χ2n) is 4.85. The fourth-order valence-corrected chi connectivity index (χ4v) is 1.99. The van der Waals surface area contributed by atoms with Crippen molar-refractivity contribution in [1.29, 1.82) is 0 Å². The zero-order valence-electron chi connectivity index (χ0n) is 13.0. The van der Waals surface area contributed by atoms with Gasteiger partial charge in [0.15, 0.2) is 0 Å². The van der Waals surface area contributed by atoms with E-state index in [1.54, 1.807) is 19.3 Å². The van der Waals surface area contributed by atoms with Crippen molar-refractivity contribution in [2.24, 2.45) is 0 Å². The lowest BCUT2D eigenvalue weighted by molar-refractivity contribution is -0.137. The van der Waals surface area contributed by atoms with Gasteiger partial charge in [0, 0.05) is 18.1 Å². The van der Waals surface area contributed by atoms with E-state index in [0.29, 0.717) is 6.61 Å². The third-order valence-electron chi connectivity index (χ3n) is 3.06. The monoisotopic (exact) mass is 350 g/mol. The Morgan fingerprint density at radius 3 is 2.72 bits per heavy atom. The summed E-state index contributed by atoms with van der Waals surface area (Å²) in [4.78, 5) is 16.2. The van der Waals surface area contributed by atoms with Gasteiger partial charge in [-0.25, -0.2) is 4.98 Å². The van der Waals surface area contributed by atoms with Crippen LogP contribution in [0.15, 0.2) is 43.0 Å². The molecular formula is C15H13F3N6O. The summed E-state index contributed by atoms with van der Waals surface area (Å²) in [6, 6.07) is 4.79. The molecule has 7 nitrogen and oxygen atoms in total. The van der Waals surface area contributed by atoms with Crippen molar-refractivity contribution < 1.29 is 17.9 Å². The molecule has 0 spiro atoms. The first-order valence-electron chi connectivity index (χ1n) is 7.27. The molecule has 25 heavy (non-hydrogen) atoms. The summed E-state index contributed by atoms with van der Waals surface area (Å²) in [7, 11) is 0. The first-order valence-corrected chi connectivity index (χ1v) is 7.27. The fraction of sp³-hybridized carbons (Fsp3) is 0.200. The summed E-state index contributed by atoms with van der Waals surface area (Å²) < 4.78 is 45.3. The highest BCUT2D eigenvalue weighted by Gasteiger charge is 2.30. The number of nitrogens with zero attached hydrogens (tertiary/aromatic N) is 5. The maximum atomic E-state index is 12.8. The van der Waals surface area contributed by atoms with Gasteiger partial charge < -0.3 is 10.1 Å². The molecule has 0 aliphatic carbocycles. The number of anilines is 2. The molecule has 1 aromatic carbocycles. The van der Waals surface area contributed by atoms with Crippen molar-refractivity contribution in [3.05, 3.63) is 48.5 Å². The average Bonchev–Trinajstić information content (AvgIpc) is 3.09. The fourth-order valence-electron chi connectivity index (χ4n) is 1.99. The predicted molar refractivity (Wildman–Crippen MR) is 82.8 cm³/mol. The van der Waals surface area contributed by atoms with Crippen molar-refractivity contribution >= 4 is 11.6 Å². The lowest BCUT2D eigenvalue weighted by Gasteiger charge is -2.11. The van der Waals surface area contributed by atoms with Crippen molar-refractivity contribution in [1.82, 2.24) is 24.5 Å². The van der Waals surface area contributed by atoms with Gasteiger partial charge in [0.2, 0.25) is 11.9 Å². The van der Waals surface area contributed by atoms with Gasteiger partial charge in [-0.05, 0) is 25.1 Å². The number of halogens is 3. The van der Waals surface area contributed by atoms with Gasteiger partial charge in [0.25, 0.3) is 0 Å². The normalized spacial score (nSPS) is 11.4. The SMILES string of the molecule is CCOc1nc(Nc2cccc(C(F)(F)F)c2)nc(-n2ccnc2)n1. The topological polar surface area (TPSA) is 77.8 Å². The maximum absolute atomic E-state index is 12.8. The van der Waals surface area contributed by atoms with E-state index in [2.05, 4.69) is 25.3 Å². The number of nitrogens with one attached hydrogen (secondary N) is 1. The van der Waals surface area contributed by atoms with Gasteiger partial charge in [-0.15, -0.1) is 0 Å². The molecule has 0 atom stereocenters. The highest BCUT2D eigenvalue weighted by molar-refractivity contribution is 5.55. The Bertz CT molecular complexity index is 851. The molecule has 3 rings (SSSR count). The summed E-state index contributed by atoms with van der Waals surface area (Å²) in [5.41, 5.74) is -0.577. The van der Waals surface area contributed by atoms with Crippen LogP contribution >= 0.6 is 0 Å². The van der Waals surface area contributed by atoms with Crippen LogP contribution in [0.4, 0.5) is 24.8 Å². The smallest absolute Gasteiger partial charge is 0.416 e. The largest absolute Gasteiger partial charge is 0.464 e. The Morgan fingerprint density at radius 2 is 2.04 bits per heavy atom. The Morgan fingerprint density at radius 1 is 1.20 bits per heavy atom. The van der Waals surface area contributed by atoms with Gasteiger partial charge >= 0.3 is 12.2 Å². The summed E-state index contributed by atoms with van der Waals surface area (Å²) in [5.74, 6) is 0.284. The number of imidazole rings is 1. The van der Waals surface area contributed by atoms with Crippen LogP contribution in [0.25, 0.3) is 5.95 Å². The van der Waals surface area contributed by atoms with E-state index in [1.165, 1.54) is 23.0 Å². The number of alkyl halides is 3. The Balaban J connectivity index is 1.94. The standard InChI is InChI=1S/C15H13F3N6O/c1-2-25-14-22-12(21-13(23-14)24-7-6-19-9-24)20-11-5-3-4-10(8-11)15(16,17)18/h3-9H,2H2,1H3,(H,20,21,22,23). The molecular weight excluding hydrogens is 337 g/mol. The molecule has 10 heteroatoms. The number of ether oxygens (including phenoxy) is 1. The van der Waals surface area contributed by atoms with Gasteiger partial charge in [0.05, 0.1) is 12.2 Å². The quantitative estimate of drug-likeness (QED) is 0.761. The first kappa shape index (κ1) is 16.7. The van der Waals surface area contributed by atoms with Gasteiger partial charge in [-0.1, -0.05) is 6.07 Å². The Kier molecular flexibility index (Phi) is 4.50. The minimum Gasteiger partial charge on any atom is -0.464 e. The van der Waals surface area contributed by atoms with Crippen molar-refractivity contribution in [2.75, 3.05) is 11.9 Å². The molecule has 0 saturated carbocycles. The Hall–Kier alpha value is -3.17. The third kappa shape index (κ3) is 4.03. The van der Waals surface area contributed by atoms with E-state index in [9.17, 15) is 13.2 Å². The van der Waals surface area contributed by atoms with Crippen molar-refractivity contribution in [2.45, 2.75) is 13.1 Å². The van der Waals surface area contributed by atoms with Crippen molar-refractivity contribution in [3.63, 3.8) is 0 Å². The first-order chi connectivity index (χ1) is 12.0. The molecule has 0 fully saturated rings. The summed E-state index contributed by atoms with van der Waals surface area (Å²) in [5, 5.41) is 2.74. The predicted octanol–water partition coefficient (Wildman–Crippen LogP) is 3.22. The highest BCUT2D eigenvalue weighted by atomic mass is 19.4. The molecule has 2 heterocycles. The van der Waals surface area contributed by atoms with Gasteiger partial charge in [-0.2, -0.15) is 28.1 Å². The second kappa shape index (κ2) is 6.75. The van der Waals surface area contributed by atoms with E-state index < -0.39 is 11.7 Å². The van der Waals surface area contributed by atoms with E-state index in [0.717, 1.165) is 12.1 Å². The number of benzene rings is 1. The molecule has 0 saturated heterocycles. The minimum atomic E-state index is -4.44. The summed E-state index contributed by atoms with van der Waals surface area (Å²) in [6.45, 7) is 2.09. The second-order valence-corrected chi connectivity index (χ2v) is 4.85. The van der Waals surface area contributed by atoms with Crippen LogP contribution in [0.3, 0.4) is 0 Å². The van der Waals surface area contributed by atoms with Crippen LogP contribution in [-0.4, -0.2) is 31.1 Å². The summed E-state index contributed by atoms with van der Waals surface area (Å²) >= 11 is 0. The molecule has 0 aliphatic rings. The van der Waals surface area contributed by atoms with E-state index in [1.807, 2.05) is 0 Å². The third-order valence-corrected chi connectivity index (χ3v) is 3.06. The van der Waals surface area contributed by atoms with Crippen LogP contribution < -0.4 is 10.1 Å².